The van der Waals surface area contributed by atoms with E-state index in [0.717, 1.165) is 0 Å². The van der Waals surface area contributed by atoms with Gasteiger partial charge in [0.05, 0.1) is 26.8 Å². The number of carboxylic acid groups (broad SMARTS) is 1. The third kappa shape index (κ3) is 5.76. The van der Waals surface area contributed by atoms with Crippen molar-refractivity contribution in [3.05, 3.63) is 0 Å². The lowest BCUT2D eigenvalue weighted by Crippen LogP contribution is -2.15. The van der Waals surface area contributed by atoms with E-state index in [4.69, 9.17) is 17.7 Å². The first kappa shape index (κ1) is 11.0. The minimum atomic E-state index is -1.01. The van der Waals surface area contributed by atoms with Crippen molar-refractivity contribution >= 4 is 19.8 Å². The summed E-state index contributed by atoms with van der Waals surface area (Å²) in [5.41, 5.74) is 0. The maximum Gasteiger partial charge on any atom is 0.306 e. The molecule has 0 saturated carbocycles. The lowest BCUT2D eigenvalue weighted by molar-refractivity contribution is -0.150. The Kier molecular flexibility index (Phi) is 5.16. The Bertz CT molecular complexity index is 169. The molecule has 0 spiro atoms. The van der Waals surface area contributed by atoms with Crippen molar-refractivity contribution < 1.29 is 19.4 Å². The van der Waals surface area contributed by atoms with Crippen LogP contribution in [0.3, 0.4) is 0 Å². The maximum absolute atomic E-state index is 10.8. The minimum Gasteiger partial charge on any atom is -0.481 e. The molecule has 1 unspecified atom stereocenters. The van der Waals surface area contributed by atoms with E-state index in [1.807, 2.05) is 0 Å². The largest absolute Gasteiger partial charge is 0.481 e. The van der Waals surface area contributed by atoms with Crippen LogP contribution in [-0.4, -0.2) is 31.0 Å². The zero-order chi connectivity index (χ0) is 9.56. The topological polar surface area (TPSA) is 63.6 Å². The molecule has 0 aromatic carbocycles. The first-order chi connectivity index (χ1) is 5.56. The third-order valence-corrected chi connectivity index (χ3v) is 1.21. The molecule has 1 atom stereocenters. The SMILES string of the molecule is [B]CC(C)OC(=O)CCC(=O)O. The molecule has 5 heteroatoms. The van der Waals surface area contributed by atoms with Gasteiger partial charge in [-0.3, -0.25) is 9.59 Å². The number of carbonyl (C=O) groups is 2. The van der Waals surface area contributed by atoms with Gasteiger partial charge in [0.2, 0.25) is 0 Å². The quantitative estimate of drug-likeness (QED) is 0.478. The van der Waals surface area contributed by atoms with E-state index in [-0.39, 0.29) is 25.3 Å². The lowest BCUT2D eigenvalue weighted by atomic mass is 10.0. The first-order valence-electron chi connectivity index (χ1n) is 3.67. The van der Waals surface area contributed by atoms with Crippen molar-refractivity contribution in [3.8, 4) is 0 Å². The van der Waals surface area contributed by atoms with Gasteiger partial charge in [0.15, 0.2) is 0 Å². The summed E-state index contributed by atoms with van der Waals surface area (Å²) >= 11 is 0. The minimum absolute atomic E-state index is 0.0975. The Morgan fingerprint density at radius 2 is 2.08 bits per heavy atom. The van der Waals surface area contributed by atoms with E-state index in [1.165, 1.54) is 0 Å². The highest BCUT2D eigenvalue weighted by atomic mass is 16.5. The van der Waals surface area contributed by atoms with E-state index < -0.39 is 11.9 Å². The number of ether oxygens (including phenoxy) is 1. The molecule has 66 valence electrons. The van der Waals surface area contributed by atoms with Gasteiger partial charge in [0.1, 0.15) is 0 Å². The van der Waals surface area contributed by atoms with Crippen molar-refractivity contribution in [2.75, 3.05) is 0 Å². The van der Waals surface area contributed by atoms with Crippen LogP contribution < -0.4 is 0 Å². The molecule has 0 heterocycles. The summed E-state index contributed by atoms with van der Waals surface area (Å²) in [6, 6.07) is 0. The first-order valence-corrected chi connectivity index (χ1v) is 3.67. The van der Waals surface area contributed by atoms with Gasteiger partial charge in [-0.2, -0.15) is 0 Å². The number of rotatable bonds is 5. The fourth-order valence-corrected chi connectivity index (χ4v) is 0.540. The summed E-state index contributed by atoms with van der Waals surface area (Å²) in [5.74, 6) is -1.53. The molecular weight excluding hydrogens is 159 g/mol. The second kappa shape index (κ2) is 5.63. The highest BCUT2D eigenvalue weighted by molar-refractivity contribution is 6.08. The van der Waals surface area contributed by atoms with Crippen LogP contribution >= 0.6 is 0 Å². The summed E-state index contributed by atoms with van der Waals surface area (Å²) in [6.07, 6.45) is -0.388. The highest BCUT2D eigenvalue weighted by Gasteiger charge is 2.08. The van der Waals surface area contributed by atoms with E-state index in [0.29, 0.717) is 0 Å². The number of esters is 1. The fourth-order valence-electron chi connectivity index (χ4n) is 0.540. The third-order valence-electron chi connectivity index (χ3n) is 1.21. The molecule has 12 heavy (non-hydrogen) atoms. The second-order valence-electron chi connectivity index (χ2n) is 2.43. The van der Waals surface area contributed by atoms with E-state index in [9.17, 15) is 9.59 Å². The molecule has 2 radical (unpaired) electrons. The molecule has 4 nitrogen and oxygen atoms in total. The van der Waals surface area contributed by atoms with Crippen molar-refractivity contribution in [1.82, 2.24) is 0 Å². The molecule has 0 aliphatic heterocycles. The van der Waals surface area contributed by atoms with Crippen LogP contribution in [0.25, 0.3) is 0 Å². The molecule has 1 N–H and O–H groups in total. The van der Waals surface area contributed by atoms with Gasteiger partial charge < -0.3 is 9.84 Å². The average molecular weight is 170 g/mol. The molecule has 0 aliphatic rings. The van der Waals surface area contributed by atoms with Crippen LogP contribution in [0.5, 0.6) is 0 Å². The Hall–Kier alpha value is -0.995. The Labute approximate surface area is 72.3 Å². The van der Waals surface area contributed by atoms with Crippen molar-refractivity contribution in [1.29, 1.82) is 0 Å². The van der Waals surface area contributed by atoms with Gasteiger partial charge in [-0.05, 0) is 6.92 Å². The van der Waals surface area contributed by atoms with Crippen LogP contribution in [0.1, 0.15) is 19.8 Å². The van der Waals surface area contributed by atoms with Gasteiger partial charge >= 0.3 is 11.9 Å². The highest BCUT2D eigenvalue weighted by Crippen LogP contribution is 1.99. The maximum atomic E-state index is 10.8. The van der Waals surface area contributed by atoms with Gasteiger partial charge in [-0.25, -0.2) is 0 Å². The van der Waals surface area contributed by atoms with Crippen LogP contribution in [-0.2, 0) is 14.3 Å². The molecule has 0 fully saturated rings. The molecule has 0 rings (SSSR count). The Morgan fingerprint density at radius 1 is 1.50 bits per heavy atom. The second-order valence-corrected chi connectivity index (χ2v) is 2.43. The van der Waals surface area contributed by atoms with Crippen LogP contribution in [0.2, 0.25) is 6.32 Å². The smallest absolute Gasteiger partial charge is 0.306 e. The van der Waals surface area contributed by atoms with Crippen LogP contribution in [0, 0.1) is 0 Å². The standard InChI is InChI=1S/C7H11BO4/c1-5(4-8)12-7(11)3-2-6(9)10/h5H,2-4H2,1H3,(H,9,10). The zero-order valence-corrected chi connectivity index (χ0v) is 6.95. The number of hydrogen-bond acceptors (Lipinski definition) is 3. The number of aliphatic carboxylic acids is 1. The van der Waals surface area contributed by atoms with Crippen molar-refractivity contribution in [3.63, 3.8) is 0 Å². The molecule has 0 aromatic rings. The van der Waals surface area contributed by atoms with Gasteiger partial charge in [0, 0.05) is 0 Å². The Morgan fingerprint density at radius 3 is 2.50 bits per heavy atom. The predicted molar refractivity (Wildman–Crippen MR) is 43.0 cm³/mol. The zero-order valence-electron chi connectivity index (χ0n) is 6.95. The number of carbonyl (C=O) groups excluding carboxylic acids is 1. The summed E-state index contributed by atoms with van der Waals surface area (Å²) in [5, 5.41) is 8.22. The summed E-state index contributed by atoms with van der Waals surface area (Å²) in [6.45, 7) is 1.65. The van der Waals surface area contributed by atoms with Crippen LogP contribution in [0.15, 0.2) is 0 Å². The number of carboxylic acids is 1. The predicted octanol–water partition coefficient (Wildman–Crippen LogP) is 0.370. The summed E-state index contributed by atoms with van der Waals surface area (Å²) in [7, 11) is 5.18. The van der Waals surface area contributed by atoms with Gasteiger partial charge in [-0.15, -0.1) is 0 Å². The van der Waals surface area contributed by atoms with Crippen LogP contribution in [0.4, 0.5) is 0 Å². The molecule has 0 aliphatic carbocycles. The molecular formula is C7H11BO4. The normalized spacial score (nSPS) is 12.1. The van der Waals surface area contributed by atoms with E-state index in [2.05, 4.69) is 0 Å². The summed E-state index contributed by atoms with van der Waals surface area (Å²) in [4.78, 5) is 20.8. The average Bonchev–Trinajstić information content (AvgIpc) is 2.00. The van der Waals surface area contributed by atoms with E-state index in [1.54, 1.807) is 6.92 Å². The Balaban J connectivity index is 3.53. The van der Waals surface area contributed by atoms with Crippen molar-refractivity contribution in [2.24, 2.45) is 0 Å². The van der Waals surface area contributed by atoms with Crippen molar-refractivity contribution in [2.45, 2.75) is 32.2 Å². The molecule has 0 bridgehead atoms. The monoisotopic (exact) mass is 170 g/mol. The van der Waals surface area contributed by atoms with Gasteiger partial charge in [0.25, 0.3) is 0 Å². The van der Waals surface area contributed by atoms with Gasteiger partial charge in [-0.1, -0.05) is 6.32 Å². The molecule has 0 saturated heterocycles. The van der Waals surface area contributed by atoms with E-state index >= 15 is 0 Å². The fraction of sp³-hybridized carbons (Fsp3) is 0.714. The molecule has 0 aromatic heterocycles. The lowest BCUT2D eigenvalue weighted by Gasteiger charge is -2.09. The number of hydrogen-bond donors (Lipinski definition) is 1. The summed E-state index contributed by atoms with van der Waals surface area (Å²) < 4.78 is 4.72. The molecule has 0 amide bonds.